The van der Waals surface area contributed by atoms with Crippen LogP contribution >= 0.6 is 0 Å². The molecule has 2 heterocycles. The summed E-state index contributed by atoms with van der Waals surface area (Å²) in [5, 5.41) is 9.46. The maximum Gasteiger partial charge on any atom is 0.260 e. The van der Waals surface area contributed by atoms with Gasteiger partial charge < -0.3 is 10.2 Å². The molecule has 0 atom stereocenters. The Kier molecular flexibility index (Phi) is 3.27. The van der Waals surface area contributed by atoms with Crippen LogP contribution in [0.3, 0.4) is 0 Å². The molecule has 2 aromatic heterocycles. The number of carbonyl (C=O) groups excluding carboxylic acids is 1. The summed E-state index contributed by atoms with van der Waals surface area (Å²) in [6, 6.07) is 5.23. The molecular formula is C12H15N5O. The highest BCUT2D eigenvalue weighted by Crippen LogP contribution is 2.16. The van der Waals surface area contributed by atoms with Crippen molar-refractivity contribution in [3.63, 3.8) is 0 Å². The Morgan fingerprint density at radius 1 is 1.44 bits per heavy atom. The molecule has 0 aliphatic heterocycles. The van der Waals surface area contributed by atoms with Crippen molar-refractivity contribution in [2.75, 3.05) is 24.3 Å². The van der Waals surface area contributed by atoms with Crippen molar-refractivity contribution < 1.29 is 4.79 Å². The topological polar surface area (TPSA) is 73.9 Å². The molecule has 0 fully saturated rings. The number of hydrogen-bond acceptors (Lipinski definition) is 4. The zero-order valence-electron chi connectivity index (χ0n) is 10.6. The van der Waals surface area contributed by atoms with E-state index in [1.54, 1.807) is 29.3 Å². The minimum Gasteiger partial charge on any atom is -0.362 e. The minimum atomic E-state index is -0.224. The highest BCUT2D eigenvalue weighted by molar-refractivity contribution is 6.07. The standard InChI is InChI=1S/C12H15N5O/c1-8-7-10(16-15-8)14-12(18)9-5-4-6-13-11(9)17(2)3/h4-7H,1-3H3,(H2,14,15,16,18). The van der Waals surface area contributed by atoms with Gasteiger partial charge in [-0.05, 0) is 19.1 Å². The first kappa shape index (κ1) is 12.1. The molecular weight excluding hydrogens is 230 g/mol. The highest BCUT2D eigenvalue weighted by Gasteiger charge is 2.14. The average Bonchev–Trinajstić information content (AvgIpc) is 2.74. The van der Waals surface area contributed by atoms with Crippen LogP contribution in [0.25, 0.3) is 0 Å². The summed E-state index contributed by atoms with van der Waals surface area (Å²) < 4.78 is 0. The number of hydrogen-bond donors (Lipinski definition) is 2. The Hall–Kier alpha value is -2.37. The third-order valence-corrected chi connectivity index (χ3v) is 2.40. The second-order valence-electron chi connectivity index (χ2n) is 4.16. The number of aryl methyl sites for hydroxylation is 1. The van der Waals surface area contributed by atoms with Gasteiger partial charge in [-0.2, -0.15) is 5.10 Å². The summed E-state index contributed by atoms with van der Waals surface area (Å²) in [5.41, 5.74) is 1.41. The molecule has 2 aromatic rings. The van der Waals surface area contributed by atoms with Gasteiger partial charge in [-0.25, -0.2) is 4.98 Å². The summed E-state index contributed by atoms with van der Waals surface area (Å²) >= 11 is 0. The molecule has 0 saturated heterocycles. The molecule has 0 aliphatic rings. The Bertz CT molecular complexity index is 561. The average molecular weight is 245 g/mol. The Labute approximate surface area is 105 Å². The van der Waals surface area contributed by atoms with E-state index in [-0.39, 0.29) is 5.91 Å². The van der Waals surface area contributed by atoms with Crippen LogP contribution in [-0.2, 0) is 0 Å². The molecule has 18 heavy (non-hydrogen) atoms. The zero-order chi connectivity index (χ0) is 13.1. The van der Waals surface area contributed by atoms with Gasteiger partial charge in [-0.3, -0.25) is 9.89 Å². The Balaban J connectivity index is 2.24. The van der Waals surface area contributed by atoms with E-state index < -0.39 is 0 Å². The molecule has 0 unspecified atom stereocenters. The van der Waals surface area contributed by atoms with Crippen molar-refractivity contribution in [3.8, 4) is 0 Å². The predicted octanol–water partition coefficient (Wildman–Crippen LogP) is 1.43. The van der Waals surface area contributed by atoms with Crippen LogP contribution < -0.4 is 10.2 Å². The minimum absolute atomic E-state index is 0.224. The van der Waals surface area contributed by atoms with E-state index in [0.29, 0.717) is 17.2 Å². The molecule has 6 nitrogen and oxygen atoms in total. The molecule has 0 aliphatic carbocycles. The van der Waals surface area contributed by atoms with Crippen molar-refractivity contribution in [2.45, 2.75) is 6.92 Å². The monoisotopic (exact) mass is 245 g/mol. The SMILES string of the molecule is Cc1cc(NC(=O)c2cccnc2N(C)C)n[nH]1. The molecule has 0 bridgehead atoms. The van der Waals surface area contributed by atoms with Gasteiger partial charge in [0, 0.05) is 32.1 Å². The highest BCUT2D eigenvalue weighted by atomic mass is 16.1. The number of carbonyl (C=O) groups is 1. The number of aromatic amines is 1. The first-order valence-electron chi connectivity index (χ1n) is 5.53. The van der Waals surface area contributed by atoms with Crippen LogP contribution in [0.15, 0.2) is 24.4 Å². The lowest BCUT2D eigenvalue weighted by atomic mass is 10.2. The lowest BCUT2D eigenvalue weighted by Gasteiger charge is -2.14. The fourth-order valence-electron chi connectivity index (χ4n) is 1.60. The van der Waals surface area contributed by atoms with E-state index in [0.717, 1.165) is 5.69 Å². The molecule has 0 spiro atoms. The molecule has 0 aromatic carbocycles. The summed E-state index contributed by atoms with van der Waals surface area (Å²) in [4.78, 5) is 18.1. The molecule has 1 amide bonds. The number of amides is 1. The first-order chi connectivity index (χ1) is 8.58. The van der Waals surface area contributed by atoms with Crippen LogP contribution in [0.1, 0.15) is 16.1 Å². The van der Waals surface area contributed by atoms with E-state index in [9.17, 15) is 4.79 Å². The normalized spacial score (nSPS) is 10.2. The van der Waals surface area contributed by atoms with Gasteiger partial charge in [-0.15, -0.1) is 0 Å². The number of rotatable bonds is 3. The van der Waals surface area contributed by atoms with Crippen LogP contribution in [0, 0.1) is 6.92 Å². The number of nitrogens with zero attached hydrogens (tertiary/aromatic N) is 3. The number of H-pyrrole nitrogens is 1. The largest absolute Gasteiger partial charge is 0.362 e. The third kappa shape index (κ3) is 2.48. The van der Waals surface area contributed by atoms with Gasteiger partial charge in [0.2, 0.25) is 0 Å². The third-order valence-electron chi connectivity index (χ3n) is 2.40. The van der Waals surface area contributed by atoms with Crippen LogP contribution in [0.5, 0.6) is 0 Å². The maximum absolute atomic E-state index is 12.1. The van der Waals surface area contributed by atoms with Crippen molar-refractivity contribution in [3.05, 3.63) is 35.7 Å². The van der Waals surface area contributed by atoms with E-state index in [1.165, 1.54) is 0 Å². The number of anilines is 2. The number of aromatic nitrogens is 3. The summed E-state index contributed by atoms with van der Waals surface area (Å²) in [5.74, 6) is 0.909. The molecule has 6 heteroatoms. The van der Waals surface area contributed by atoms with Crippen molar-refractivity contribution in [1.82, 2.24) is 15.2 Å². The summed E-state index contributed by atoms with van der Waals surface area (Å²) in [7, 11) is 3.69. The predicted molar refractivity (Wildman–Crippen MR) is 69.8 cm³/mol. The van der Waals surface area contributed by atoms with Crippen LogP contribution in [0.4, 0.5) is 11.6 Å². The Morgan fingerprint density at radius 3 is 2.83 bits per heavy atom. The van der Waals surface area contributed by atoms with Crippen molar-refractivity contribution in [2.24, 2.45) is 0 Å². The fraction of sp³-hybridized carbons (Fsp3) is 0.250. The van der Waals surface area contributed by atoms with E-state index in [4.69, 9.17) is 0 Å². The van der Waals surface area contributed by atoms with Gasteiger partial charge in [0.1, 0.15) is 5.82 Å². The molecule has 2 rings (SSSR count). The lowest BCUT2D eigenvalue weighted by Crippen LogP contribution is -2.19. The second-order valence-corrected chi connectivity index (χ2v) is 4.16. The summed E-state index contributed by atoms with van der Waals surface area (Å²) in [6.07, 6.45) is 1.66. The maximum atomic E-state index is 12.1. The van der Waals surface area contributed by atoms with Crippen LogP contribution in [-0.4, -0.2) is 35.2 Å². The van der Waals surface area contributed by atoms with E-state index in [1.807, 2.05) is 21.0 Å². The first-order valence-corrected chi connectivity index (χ1v) is 5.53. The quantitative estimate of drug-likeness (QED) is 0.858. The van der Waals surface area contributed by atoms with E-state index in [2.05, 4.69) is 20.5 Å². The fourth-order valence-corrected chi connectivity index (χ4v) is 1.60. The van der Waals surface area contributed by atoms with Gasteiger partial charge >= 0.3 is 0 Å². The zero-order valence-corrected chi connectivity index (χ0v) is 10.6. The van der Waals surface area contributed by atoms with Crippen molar-refractivity contribution >= 4 is 17.5 Å². The van der Waals surface area contributed by atoms with Gasteiger partial charge in [-0.1, -0.05) is 0 Å². The van der Waals surface area contributed by atoms with Crippen LogP contribution in [0.2, 0.25) is 0 Å². The Morgan fingerprint density at radius 2 is 2.22 bits per heavy atom. The lowest BCUT2D eigenvalue weighted by molar-refractivity contribution is 0.102. The summed E-state index contributed by atoms with van der Waals surface area (Å²) in [6.45, 7) is 1.87. The molecule has 2 N–H and O–H groups in total. The van der Waals surface area contributed by atoms with Crippen molar-refractivity contribution in [1.29, 1.82) is 0 Å². The molecule has 0 saturated carbocycles. The number of nitrogens with one attached hydrogen (secondary N) is 2. The van der Waals surface area contributed by atoms with Gasteiger partial charge in [0.15, 0.2) is 5.82 Å². The van der Waals surface area contributed by atoms with Gasteiger partial charge in [0.05, 0.1) is 5.56 Å². The van der Waals surface area contributed by atoms with E-state index >= 15 is 0 Å². The molecule has 0 radical (unpaired) electrons. The smallest absolute Gasteiger partial charge is 0.260 e. The van der Waals surface area contributed by atoms with Gasteiger partial charge in [0.25, 0.3) is 5.91 Å². The second kappa shape index (κ2) is 4.87. The number of pyridine rings is 1. The molecule has 94 valence electrons.